The van der Waals surface area contributed by atoms with Crippen molar-refractivity contribution in [1.82, 2.24) is 9.88 Å². The van der Waals surface area contributed by atoms with Gasteiger partial charge in [-0.2, -0.15) is 0 Å². The Balaban J connectivity index is 2.12. The highest BCUT2D eigenvalue weighted by Crippen LogP contribution is 2.20. The molecule has 0 amide bonds. The lowest BCUT2D eigenvalue weighted by Crippen LogP contribution is -2.20. The SMILES string of the molecule is Cn1cc(CCNCCO)c2ccccc21. The van der Waals surface area contributed by atoms with E-state index in [0.29, 0.717) is 6.54 Å². The van der Waals surface area contributed by atoms with E-state index in [0.717, 1.165) is 13.0 Å². The molecule has 0 saturated carbocycles. The van der Waals surface area contributed by atoms with Crippen molar-refractivity contribution in [2.45, 2.75) is 6.42 Å². The maximum Gasteiger partial charge on any atom is 0.0555 e. The lowest BCUT2D eigenvalue weighted by molar-refractivity contribution is 0.293. The summed E-state index contributed by atoms with van der Waals surface area (Å²) < 4.78 is 2.16. The quantitative estimate of drug-likeness (QED) is 0.742. The third kappa shape index (κ3) is 2.26. The van der Waals surface area contributed by atoms with Gasteiger partial charge in [-0.3, -0.25) is 0 Å². The van der Waals surface area contributed by atoms with Gasteiger partial charge in [0.25, 0.3) is 0 Å². The zero-order chi connectivity index (χ0) is 11.4. The molecule has 2 aromatic rings. The van der Waals surface area contributed by atoms with Crippen molar-refractivity contribution in [3.63, 3.8) is 0 Å². The number of hydrogen-bond donors (Lipinski definition) is 2. The zero-order valence-electron chi connectivity index (χ0n) is 9.61. The molecule has 0 aliphatic carbocycles. The molecular formula is C13H18N2O. The molecule has 2 N–H and O–H groups in total. The summed E-state index contributed by atoms with van der Waals surface area (Å²) in [6.45, 7) is 1.79. The van der Waals surface area contributed by atoms with E-state index in [4.69, 9.17) is 5.11 Å². The maximum atomic E-state index is 8.67. The number of nitrogens with zero attached hydrogens (tertiary/aromatic N) is 1. The molecule has 16 heavy (non-hydrogen) atoms. The second kappa shape index (κ2) is 5.14. The first kappa shape index (κ1) is 11.2. The summed E-state index contributed by atoms with van der Waals surface area (Å²) in [5.41, 5.74) is 2.64. The molecule has 0 aliphatic rings. The number of hydrogen-bond acceptors (Lipinski definition) is 2. The number of aliphatic hydroxyl groups excluding tert-OH is 1. The van der Waals surface area contributed by atoms with Crippen LogP contribution in [0.4, 0.5) is 0 Å². The first-order valence-corrected chi connectivity index (χ1v) is 5.67. The number of aryl methyl sites for hydroxylation is 1. The molecule has 2 rings (SSSR count). The molecule has 0 aliphatic heterocycles. The number of fused-ring (bicyclic) bond motifs is 1. The minimum Gasteiger partial charge on any atom is -0.395 e. The van der Waals surface area contributed by atoms with Gasteiger partial charge in [0.05, 0.1) is 6.61 Å². The minimum absolute atomic E-state index is 0.204. The average molecular weight is 218 g/mol. The summed E-state index contributed by atoms with van der Waals surface area (Å²) in [5, 5.41) is 13.2. The number of para-hydroxylation sites is 1. The highest BCUT2D eigenvalue weighted by molar-refractivity contribution is 5.83. The van der Waals surface area contributed by atoms with Gasteiger partial charge < -0.3 is 15.0 Å². The van der Waals surface area contributed by atoms with E-state index < -0.39 is 0 Å². The summed E-state index contributed by atoms with van der Waals surface area (Å²) in [5.74, 6) is 0. The number of aromatic nitrogens is 1. The van der Waals surface area contributed by atoms with Crippen molar-refractivity contribution in [3.05, 3.63) is 36.0 Å². The fraction of sp³-hybridized carbons (Fsp3) is 0.385. The highest BCUT2D eigenvalue weighted by Gasteiger charge is 2.04. The van der Waals surface area contributed by atoms with Crippen LogP contribution in [0.25, 0.3) is 10.9 Å². The van der Waals surface area contributed by atoms with Crippen LogP contribution in [0.15, 0.2) is 30.5 Å². The largest absolute Gasteiger partial charge is 0.395 e. The lowest BCUT2D eigenvalue weighted by atomic mass is 10.1. The van der Waals surface area contributed by atoms with Crippen LogP contribution in [0.1, 0.15) is 5.56 Å². The molecule has 3 heteroatoms. The fourth-order valence-electron chi connectivity index (χ4n) is 2.05. The lowest BCUT2D eigenvalue weighted by Gasteiger charge is -2.01. The molecule has 0 bridgehead atoms. The van der Waals surface area contributed by atoms with Gasteiger partial charge in [-0.1, -0.05) is 18.2 Å². The van der Waals surface area contributed by atoms with Crippen molar-refractivity contribution in [2.75, 3.05) is 19.7 Å². The second-order valence-electron chi connectivity index (χ2n) is 4.01. The summed E-state index contributed by atoms with van der Waals surface area (Å²) in [6, 6.07) is 8.44. The van der Waals surface area contributed by atoms with Gasteiger partial charge in [-0.05, 0) is 24.6 Å². The van der Waals surface area contributed by atoms with E-state index in [-0.39, 0.29) is 6.61 Å². The molecule has 0 unspecified atom stereocenters. The number of benzene rings is 1. The van der Waals surface area contributed by atoms with Gasteiger partial charge in [0.1, 0.15) is 0 Å². The molecule has 0 fully saturated rings. The predicted octanol–water partition coefficient (Wildman–Crippen LogP) is 1.30. The van der Waals surface area contributed by atoms with Gasteiger partial charge in [0.2, 0.25) is 0 Å². The number of nitrogens with one attached hydrogen (secondary N) is 1. The van der Waals surface area contributed by atoms with Crippen LogP contribution in [0.3, 0.4) is 0 Å². The first-order chi connectivity index (χ1) is 7.83. The van der Waals surface area contributed by atoms with E-state index in [2.05, 4.69) is 47.4 Å². The Bertz CT molecular complexity index is 462. The molecule has 0 radical (unpaired) electrons. The Morgan fingerprint density at radius 3 is 2.88 bits per heavy atom. The van der Waals surface area contributed by atoms with Crippen molar-refractivity contribution < 1.29 is 5.11 Å². The molecule has 1 heterocycles. The average Bonchev–Trinajstić information content (AvgIpc) is 2.63. The topological polar surface area (TPSA) is 37.2 Å². The van der Waals surface area contributed by atoms with Gasteiger partial charge in [-0.15, -0.1) is 0 Å². The third-order valence-corrected chi connectivity index (χ3v) is 2.84. The molecule has 0 spiro atoms. The van der Waals surface area contributed by atoms with E-state index in [1.54, 1.807) is 0 Å². The molecule has 86 valence electrons. The van der Waals surface area contributed by atoms with Gasteiger partial charge in [0, 0.05) is 30.7 Å². The minimum atomic E-state index is 0.204. The summed E-state index contributed by atoms with van der Waals surface area (Å²) >= 11 is 0. The van der Waals surface area contributed by atoms with Crippen molar-refractivity contribution in [1.29, 1.82) is 0 Å². The van der Waals surface area contributed by atoms with Crippen LogP contribution in [-0.2, 0) is 13.5 Å². The third-order valence-electron chi connectivity index (χ3n) is 2.84. The maximum absolute atomic E-state index is 8.67. The van der Waals surface area contributed by atoms with Crippen molar-refractivity contribution in [2.24, 2.45) is 7.05 Å². The summed E-state index contributed by atoms with van der Waals surface area (Å²) in [7, 11) is 2.08. The molecule has 3 nitrogen and oxygen atoms in total. The monoisotopic (exact) mass is 218 g/mol. The van der Waals surface area contributed by atoms with E-state index in [1.807, 2.05) is 0 Å². The molecule has 0 saturated heterocycles. The fourth-order valence-corrected chi connectivity index (χ4v) is 2.05. The van der Waals surface area contributed by atoms with Crippen LogP contribution in [0, 0.1) is 0 Å². The Kier molecular flexibility index (Phi) is 3.59. The second-order valence-corrected chi connectivity index (χ2v) is 4.01. The standard InChI is InChI=1S/C13H18N2O/c1-15-10-11(6-7-14-8-9-16)12-4-2-3-5-13(12)15/h2-5,10,14,16H,6-9H2,1H3. The Labute approximate surface area is 95.7 Å². The van der Waals surface area contributed by atoms with Gasteiger partial charge in [0.15, 0.2) is 0 Å². The van der Waals surface area contributed by atoms with Crippen LogP contribution < -0.4 is 5.32 Å². The van der Waals surface area contributed by atoms with Crippen LogP contribution in [0.5, 0.6) is 0 Å². The molecule has 1 aromatic heterocycles. The van der Waals surface area contributed by atoms with Crippen LogP contribution in [0.2, 0.25) is 0 Å². The normalized spacial score (nSPS) is 11.1. The highest BCUT2D eigenvalue weighted by atomic mass is 16.3. The van der Waals surface area contributed by atoms with Gasteiger partial charge in [-0.25, -0.2) is 0 Å². The predicted molar refractivity (Wildman–Crippen MR) is 66.6 cm³/mol. The first-order valence-electron chi connectivity index (χ1n) is 5.67. The van der Waals surface area contributed by atoms with Crippen molar-refractivity contribution >= 4 is 10.9 Å². The van der Waals surface area contributed by atoms with E-state index in [1.165, 1.54) is 16.5 Å². The molecule has 0 atom stereocenters. The Morgan fingerprint density at radius 1 is 1.25 bits per heavy atom. The number of aliphatic hydroxyl groups is 1. The summed E-state index contributed by atoms with van der Waals surface area (Å²) in [6.07, 6.45) is 3.19. The zero-order valence-corrected chi connectivity index (χ0v) is 9.61. The van der Waals surface area contributed by atoms with E-state index in [9.17, 15) is 0 Å². The van der Waals surface area contributed by atoms with Crippen molar-refractivity contribution in [3.8, 4) is 0 Å². The molecular weight excluding hydrogens is 200 g/mol. The van der Waals surface area contributed by atoms with Gasteiger partial charge >= 0.3 is 0 Å². The smallest absolute Gasteiger partial charge is 0.0555 e. The number of rotatable bonds is 5. The van der Waals surface area contributed by atoms with Crippen LogP contribution in [-0.4, -0.2) is 29.4 Å². The van der Waals surface area contributed by atoms with Crippen LogP contribution >= 0.6 is 0 Å². The Hall–Kier alpha value is -1.32. The molecule has 1 aromatic carbocycles. The summed E-state index contributed by atoms with van der Waals surface area (Å²) in [4.78, 5) is 0. The van der Waals surface area contributed by atoms with E-state index >= 15 is 0 Å². The Morgan fingerprint density at radius 2 is 2.06 bits per heavy atom.